The summed E-state index contributed by atoms with van der Waals surface area (Å²) in [6.45, 7) is 2.33. The maximum atomic E-state index is 11.1. The van der Waals surface area contributed by atoms with Crippen LogP contribution in [0.15, 0.2) is 12.2 Å². The Bertz CT molecular complexity index is 232. The minimum Gasteiger partial charge on any atom is -0.274 e. The van der Waals surface area contributed by atoms with Gasteiger partial charge in [-0.3, -0.25) is 14.5 Å². The first kappa shape index (κ1) is 10.3. The Morgan fingerprint density at radius 3 is 2.38 bits per heavy atom. The van der Waals surface area contributed by atoms with Crippen LogP contribution in [0.1, 0.15) is 19.8 Å². The molecule has 0 spiro atoms. The number of nitrogens with zero attached hydrogens (tertiary/aromatic N) is 1. The van der Waals surface area contributed by atoms with Crippen molar-refractivity contribution < 1.29 is 9.59 Å². The van der Waals surface area contributed by atoms with Gasteiger partial charge in [0.2, 0.25) is 0 Å². The smallest absolute Gasteiger partial charge is 0.253 e. The summed E-state index contributed by atoms with van der Waals surface area (Å²) in [5, 5.41) is -0.127. The number of hydrogen-bond acceptors (Lipinski definition) is 2. The summed E-state index contributed by atoms with van der Waals surface area (Å²) in [7, 11) is 0. The van der Waals surface area contributed by atoms with Gasteiger partial charge in [-0.15, -0.1) is 11.6 Å². The van der Waals surface area contributed by atoms with Gasteiger partial charge in [-0.25, -0.2) is 0 Å². The van der Waals surface area contributed by atoms with Crippen molar-refractivity contribution in [2.75, 3.05) is 6.54 Å². The van der Waals surface area contributed by atoms with E-state index >= 15 is 0 Å². The highest BCUT2D eigenvalue weighted by Gasteiger charge is 2.24. The number of rotatable bonds is 4. The highest BCUT2D eigenvalue weighted by atomic mass is 35.5. The van der Waals surface area contributed by atoms with Crippen LogP contribution in [0.2, 0.25) is 0 Å². The van der Waals surface area contributed by atoms with Crippen molar-refractivity contribution in [3.05, 3.63) is 12.2 Å². The molecule has 1 aliphatic heterocycles. The second-order valence-electron chi connectivity index (χ2n) is 3.01. The van der Waals surface area contributed by atoms with E-state index in [4.69, 9.17) is 11.6 Å². The van der Waals surface area contributed by atoms with Gasteiger partial charge in [-0.1, -0.05) is 13.3 Å². The maximum absolute atomic E-state index is 11.1. The third-order valence-electron chi connectivity index (χ3n) is 1.88. The molecule has 0 saturated heterocycles. The Balaban J connectivity index is 2.45. The molecule has 0 N–H and O–H groups in total. The molecular weight excluding hydrogens is 190 g/mol. The molecule has 0 aromatic rings. The molecule has 1 unspecified atom stereocenters. The molecule has 0 aromatic heterocycles. The van der Waals surface area contributed by atoms with Gasteiger partial charge in [-0.2, -0.15) is 0 Å². The third kappa shape index (κ3) is 2.56. The van der Waals surface area contributed by atoms with E-state index in [1.165, 1.54) is 17.1 Å². The highest BCUT2D eigenvalue weighted by Crippen LogP contribution is 2.11. The molecule has 0 fully saturated rings. The van der Waals surface area contributed by atoms with Crippen LogP contribution in [-0.2, 0) is 9.59 Å². The van der Waals surface area contributed by atoms with Crippen molar-refractivity contribution in [2.24, 2.45) is 0 Å². The normalized spacial score (nSPS) is 18.5. The maximum Gasteiger partial charge on any atom is 0.253 e. The molecule has 3 nitrogen and oxygen atoms in total. The fourth-order valence-corrected chi connectivity index (χ4v) is 1.57. The van der Waals surface area contributed by atoms with Gasteiger partial charge in [0, 0.05) is 18.7 Å². The lowest BCUT2D eigenvalue weighted by molar-refractivity contribution is -0.136. The first-order valence-corrected chi connectivity index (χ1v) is 4.76. The quantitative estimate of drug-likeness (QED) is 0.508. The fraction of sp³-hybridized carbons (Fsp3) is 0.556. The highest BCUT2D eigenvalue weighted by molar-refractivity contribution is 6.21. The van der Waals surface area contributed by atoms with Gasteiger partial charge in [0.05, 0.1) is 5.38 Å². The summed E-state index contributed by atoms with van der Waals surface area (Å²) < 4.78 is 0. The molecule has 1 aliphatic rings. The van der Waals surface area contributed by atoms with Crippen LogP contribution in [0.3, 0.4) is 0 Å². The van der Waals surface area contributed by atoms with Crippen molar-refractivity contribution >= 4 is 23.4 Å². The number of alkyl halides is 1. The number of amides is 2. The van der Waals surface area contributed by atoms with E-state index in [-0.39, 0.29) is 17.2 Å². The predicted molar refractivity (Wildman–Crippen MR) is 50.4 cm³/mol. The first-order chi connectivity index (χ1) is 6.15. The van der Waals surface area contributed by atoms with E-state index in [9.17, 15) is 9.59 Å². The van der Waals surface area contributed by atoms with E-state index in [0.29, 0.717) is 6.54 Å². The van der Waals surface area contributed by atoms with E-state index in [0.717, 1.165) is 12.8 Å². The van der Waals surface area contributed by atoms with Crippen molar-refractivity contribution in [2.45, 2.75) is 25.1 Å². The van der Waals surface area contributed by atoms with Crippen molar-refractivity contribution in [1.29, 1.82) is 0 Å². The largest absolute Gasteiger partial charge is 0.274 e. The number of halogens is 1. The van der Waals surface area contributed by atoms with E-state index in [2.05, 4.69) is 0 Å². The monoisotopic (exact) mass is 201 g/mol. The Kier molecular flexibility index (Phi) is 3.48. The number of hydrogen-bond donors (Lipinski definition) is 0. The molecule has 13 heavy (non-hydrogen) atoms. The van der Waals surface area contributed by atoms with Gasteiger partial charge in [0.1, 0.15) is 0 Å². The topological polar surface area (TPSA) is 37.4 Å². The Labute approximate surface area is 82.3 Å². The van der Waals surface area contributed by atoms with Crippen LogP contribution in [0.4, 0.5) is 0 Å². The van der Waals surface area contributed by atoms with Gasteiger partial charge < -0.3 is 0 Å². The fourth-order valence-electron chi connectivity index (χ4n) is 1.21. The lowest BCUT2D eigenvalue weighted by atomic mass is 10.2. The van der Waals surface area contributed by atoms with Gasteiger partial charge in [0.15, 0.2) is 0 Å². The minimum absolute atomic E-state index is 0.127. The van der Waals surface area contributed by atoms with Crippen LogP contribution in [0, 0.1) is 0 Å². The lowest BCUT2D eigenvalue weighted by Crippen LogP contribution is -2.35. The molecule has 72 valence electrons. The summed E-state index contributed by atoms with van der Waals surface area (Å²) >= 11 is 5.92. The summed E-state index contributed by atoms with van der Waals surface area (Å²) in [5.74, 6) is -0.515. The zero-order chi connectivity index (χ0) is 9.84. The number of imide groups is 1. The number of carbonyl (C=O) groups excluding carboxylic acids is 2. The molecule has 2 amide bonds. The van der Waals surface area contributed by atoms with Crippen molar-refractivity contribution in [1.82, 2.24) is 4.90 Å². The molecule has 1 rings (SSSR count). The zero-order valence-electron chi connectivity index (χ0n) is 7.50. The standard InChI is InChI=1S/C9H12ClNO2/c1-2-3-7(10)6-11-8(12)4-5-9(11)13/h4-5,7H,2-3,6H2,1H3. The van der Waals surface area contributed by atoms with Crippen LogP contribution < -0.4 is 0 Å². The second kappa shape index (κ2) is 4.42. The molecular formula is C9H12ClNO2. The van der Waals surface area contributed by atoms with E-state index in [1.807, 2.05) is 6.92 Å². The van der Waals surface area contributed by atoms with Crippen LogP contribution in [0.5, 0.6) is 0 Å². The Morgan fingerprint density at radius 2 is 1.92 bits per heavy atom. The SMILES string of the molecule is CCCC(Cl)CN1C(=O)C=CC1=O. The third-order valence-corrected chi connectivity index (χ3v) is 2.24. The van der Waals surface area contributed by atoms with Gasteiger partial charge in [0.25, 0.3) is 11.8 Å². The zero-order valence-corrected chi connectivity index (χ0v) is 8.25. The summed E-state index contributed by atoms with van der Waals surface area (Å²) in [6.07, 6.45) is 4.33. The molecule has 0 saturated carbocycles. The van der Waals surface area contributed by atoms with E-state index < -0.39 is 0 Å². The molecule has 0 bridgehead atoms. The summed E-state index contributed by atoms with van der Waals surface area (Å²) in [4.78, 5) is 23.3. The Hall–Kier alpha value is -0.830. The minimum atomic E-state index is -0.258. The molecule has 0 radical (unpaired) electrons. The first-order valence-electron chi connectivity index (χ1n) is 4.32. The van der Waals surface area contributed by atoms with Gasteiger partial charge in [-0.05, 0) is 6.42 Å². The molecule has 0 aromatic carbocycles. The van der Waals surface area contributed by atoms with Crippen molar-refractivity contribution in [3.8, 4) is 0 Å². The second-order valence-corrected chi connectivity index (χ2v) is 3.62. The van der Waals surface area contributed by atoms with Crippen molar-refractivity contribution in [3.63, 3.8) is 0 Å². The molecule has 1 atom stereocenters. The number of carbonyl (C=O) groups is 2. The van der Waals surface area contributed by atoms with Crippen LogP contribution in [0.25, 0.3) is 0 Å². The predicted octanol–water partition coefficient (Wildman–Crippen LogP) is 1.32. The summed E-state index contributed by atoms with van der Waals surface area (Å²) in [5.41, 5.74) is 0. The van der Waals surface area contributed by atoms with Crippen LogP contribution in [-0.4, -0.2) is 28.6 Å². The average molecular weight is 202 g/mol. The molecule has 4 heteroatoms. The Morgan fingerprint density at radius 1 is 1.38 bits per heavy atom. The lowest BCUT2D eigenvalue weighted by Gasteiger charge is -2.16. The van der Waals surface area contributed by atoms with Gasteiger partial charge >= 0.3 is 0 Å². The summed E-state index contributed by atoms with van der Waals surface area (Å²) in [6, 6.07) is 0. The molecule has 1 heterocycles. The van der Waals surface area contributed by atoms with E-state index in [1.54, 1.807) is 0 Å². The average Bonchev–Trinajstić information content (AvgIpc) is 2.36. The van der Waals surface area contributed by atoms with Crippen LogP contribution >= 0.6 is 11.6 Å². The molecule has 0 aliphatic carbocycles.